The first kappa shape index (κ1) is 25.5. The van der Waals surface area contributed by atoms with E-state index < -0.39 is 16.4 Å². The zero-order valence-corrected chi connectivity index (χ0v) is 19.1. The molecule has 33 heavy (non-hydrogen) atoms. The lowest BCUT2D eigenvalue weighted by molar-refractivity contribution is -0.546. The highest BCUT2D eigenvalue weighted by molar-refractivity contribution is 7.79. The zero-order valence-electron chi connectivity index (χ0n) is 18.3. The number of nitrogens with two attached hydrogens (primary N) is 2. The molecule has 0 radical (unpaired) electrons. The number of amidine groups is 1. The summed E-state index contributed by atoms with van der Waals surface area (Å²) in [4.78, 5) is 17.9. The van der Waals surface area contributed by atoms with Gasteiger partial charge in [0.05, 0.1) is 11.4 Å². The first-order valence-electron chi connectivity index (χ1n) is 9.48. The summed E-state index contributed by atoms with van der Waals surface area (Å²) in [6.45, 7) is 2.59. The SMILES string of the molecule is Cc1ccc(C[N+]2=C(N)C(=Nc3ccc(N(C)C)cc3NC(N)=O)C=N2)cc1.O=S(=O)([O-])O. The molecule has 1 aliphatic heterocycles. The number of carbonyl (C=O) groups is 1. The summed E-state index contributed by atoms with van der Waals surface area (Å²) in [5, 5.41) is 6.95. The van der Waals surface area contributed by atoms with Gasteiger partial charge in [-0.05, 0) is 30.7 Å². The molecular weight excluding hydrogens is 450 g/mol. The van der Waals surface area contributed by atoms with E-state index in [-0.39, 0.29) is 0 Å². The molecule has 12 nitrogen and oxygen atoms in total. The van der Waals surface area contributed by atoms with E-state index >= 15 is 0 Å². The van der Waals surface area contributed by atoms with E-state index in [4.69, 9.17) is 29.0 Å². The molecule has 0 aromatic heterocycles. The normalized spacial score (nSPS) is 14.2. The van der Waals surface area contributed by atoms with E-state index in [1.54, 1.807) is 23.0 Å². The summed E-state index contributed by atoms with van der Waals surface area (Å²) >= 11 is 0. The van der Waals surface area contributed by atoms with Crippen molar-refractivity contribution in [1.29, 1.82) is 0 Å². The molecule has 1 heterocycles. The highest BCUT2D eigenvalue weighted by atomic mass is 32.3. The molecule has 0 unspecified atom stereocenters. The Hall–Kier alpha value is -3.81. The Morgan fingerprint density at radius 1 is 1.24 bits per heavy atom. The number of hydrogen-bond donors (Lipinski definition) is 4. The number of anilines is 2. The first-order valence-corrected chi connectivity index (χ1v) is 10.8. The molecule has 0 saturated carbocycles. The van der Waals surface area contributed by atoms with Gasteiger partial charge in [-0.2, -0.15) is 0 Å². The number of rotatable bonds is 5. The van der Waals surface area contributed by atoms with Gasteiger partial charge >= 0.3 is 11.9 Å². The highest BCUT2D eigenvalue weighted by Gasteiger charge is 2.22. The molecule has 1 aliphatic rings. The minimum absolute atomic E-state index is 0.447. The van der Waals surface area contributed by atoms with Crippen molar-refractivity contribution in [3.8, 4) is 0 Å². The van der Waals surface area contributed by atoms with Crippen LogP contribution in [0.3, 0.4) is 0 Å². The maximum Gasteiger partial charge on any atom is 0.321 e. The van der Waals surface area contributed by atoms with Gasteiger partial charge in [-0.3, -0.25) is 10.3 Å². The molecule has 0 saturated heterocycles. The molecule has 0 spiro atoms. The Kier molecular flexibility index (Phi) is 8.23. The predicted molar refractivity (Wildman–Crippen MR) is 126 cm³/mol. The summed E-state index contributed by atoms with van der Waals surface area (Å²) < 4.78 is 34.5. The van der Waals surface area contributed by atoms with Crippen LogP contribution in [0.15, 0.2) is 52.6 Å². The lowest BCUT2D eigenvalue weighted by Crippen LogP contribution is -2.28. The molecule has 0 atom stereocenters. The van der Waals surface area contributed by atoms with Gasteiger partial charge in [0, 0.05) is 19.8 Å². The van der Waals surface area contributed by atoms with Crippen molar-refractivity contribution in [1.82, 2.24) is 0 Å². The summed E-state index contributed by atoms with van der Waals surface area (Å²) in [7, 11) is -1.10. The number of primary amides is 1. The van der Waals surface area contributed by atoms with Gasteiger partial charge in [0.15, 0.2) is 5.71 Å². The molecular formula is C20H25N7O5S. The van der Waals surface area contributed by atoms with Crippen LogP contribution in [0.5, 0.6) is 0 Å². The van der Waals surface area contributed by atoms with Gasteiger partial charge in [0.2, 0.25) is 10.4 Å². The Morgan fingerprint density at radius 2 is 1.85 bits per heavy atom. The van der Waals surface area contributed by atoms with Crippen LogP contribution >= 0.6 is 0 Å². The van der Waals surface area contributed by atoms with Crippen molar-refractivity contribution in [3.63, 3.8) is 0 Å². The Balaban J connectivity index is 0.000000696. The quantitative estimate of drug-likeness (QED) is 0.284. The third-order valence-corrected chi connectivity index (χ3v) is 4.31. The fourth-order valence-electron chi connectivity index (χ4n) is 2.73. The lowest BCUT2D eigenvalue weighted by Gasteiger charge is -2.15. The van der Waals surface area contributed by atoms with Gasteiger partial charge in [-0.1, -0.05) is 34.9 Å². The van der Waals surface area contributed by atoms with E-state index in [2.05, 4.69) is 15.4 Å². The van der Waals surface area contributed by atoms with Crippen molar-refractivity contribution in [2.45, 2.75) is 13.5 Å². The molecule has 2 aromatic rings. The number of amides is 2. The third-order valence-electron chi connectivity index (χ3n) is 4.31. The predicted octanol–water partition coefficient (Wildman–Crippen LogP) is 1.20. The van der Waals surface area contributed by atoms with Crippen LogP contribution in [0.4, 0.5) is 21.9 Å². The van der Waals surface area contributed by atoms with Crippen molar-refractivity contribution < 1.29 is 27.0 Å². The van der Waals surface area contributed by atoms with Crippen molar-refractivity contribution >= 4 is 51.3 Å². The molecule has 0 fully saturated rings. The summed E-state index contributed by atoms with van der Waals surface area (Å²) in [5.74, 6) is 0.447. The van der Waals surface area contributed by atoms with Crippen LogP contribution in [0.1, 0.15) is 11.1 Å². The minimum Gasteiger partial charge on any atom is -0.726 e. The number of hydrogen-bond acceptors (Lipinski definition) is 8. The molecule has 13 heteroatoms. The van der Waals surface area contributed by atoms with Crippen LogP contribution in [-0.2, 0) is 16.9 Å². The lowest BCUT2D eigenvalue weighted by atomic mass is 10.1. The van der Waals surface area contributed by atoms with Gasteiger partial charge in [-0.15, -0.1) is 4.68 Å². The number of urea groups is 1. The van der Waals surface area contributed by atoms with Gasteiger partial charge in [0.25, 0.3) is 0 Å². The maximum atomic E-state index is 11.4. The van der Waals surface area contributed by atoms with Crippen LogP contribution in [0.2, 0.25) is 0 Å². The first-order chi connectivity index (χ1) is 15.3. The van der Waals surface area contributed by atoms with E-state index in [0.717, 1.165) is 11.3 Å². The van der Waals surface area contributed by atoms with Crippen molar-refractivity contribution in [3.05, 3.63) is 53.6 Å². The zero-order chi connectivity index (χ0) is 24.8. The third kappa shape index (κ3) is 8.33. The molecule has 2 amide bonds. The van der Waals surface area contributed by atoms with Gasteiger partial charge in [-0.25, -0.2) is 18.2 Å². The van der Waals surface area contributed by atoms with Crippen molar-refractivity contribution in [2.24, 2.45) is 21.6 Å². The second-order valence-electron chi connectivity index (χ2n) is 7.18. The molecule has 0 bridgehead atoms. The molecule has 2 aromatic carbocycles. The van der Waals surface area contributed by atoms with E-state index in [1.165, 1.54) is 5.56 Å². The van der Waals surface area contributed by atoms with Crippen LogP contribution in [0.25, 0.3) is 0 Å². The van der Waals surface area contributed by atoms with Crippen LogP contribution in [-0.4, -0.2) is 60.1 Å². The highest BCUT2D eigenvalue weighted by Crippen LogP contribution is 2.29. The Morgan fingerprint density at radius 3 is 2.39 bits per heavy atom. The number of carbonyl (C=O) groups excluding carboxylic acids is 1. The standard InChI is InChI=1S/C20H23N7O.H2O4S/c1-13-4-6-14(7-5-13)12-27-19(21)18(11-23-27)24-16-9-8-15(26(2)3)10-17(16)25-20(22)28;1-5(2,3)4/h4-11H,12H2,1-3H3,(H4,21,22,23,25,28);(H2,1,2,3,4). The monoisotopic (exact) mass is 475 g/mol. The van der Waals surface area contributed by atoms with Crippen molar-refractivity contribution in [2.75, 3.05) is 24.3 Å². The summed E-state index contributed by atoms with van der Waals surface area (Å²) in [6, 6.07) is 13.0. The summed E-state index contributed by atoms with van der Waals surface area (Å²) in [6.07, 6.45) is 1.61. The van der Waals surface area contributed by atoms with Gasteiger partial charge < -0.3 is 20.5 Å². The fourth-order valence-corrected chi connectivity index (χ4v) is 2.73. The summed E-state index contributed by atoms with van der Waals surface area (Å²) in [5.41, 5.74) is 16.3. The number of benzene rings is 2. The van der Waals surface area contributed by atoms with Crippen LogP contribution < -0.4 is 21.7 Å². The fraction of sp³-hybridized carbons (Fsp3) is 0.200. The number of nitrogens with zero attached hydrogens (tertiary/aromatic N) is 4. The second kappa shape index (κ2) is 10.7. The number of aliphatic imine (C=N–C) groups is 1. The van der Waals surface area contributed by atoms with Crippen LogP contribution in [0, 0.1) is 6.92 Å². The largest absolute Gasteiger partial charge is 0.726 e. The van der Waals surface area contributed by atoms with E-state index in [9.17, 15) is 4.79 Å². The van der Waals surface area contributed by atoms with E-state index in [1.807, 2.05) is 56.3 Å². The minimum atomic E-state index is -4.92. The molecule has 6 N–H and O–H groups in total. The number of nitrogens with one attached hydrogen (secondary N) is 1. The number of hydrazone groups is 1. The average Bonchev–Trinajstić information content (AvgIpc) is 3.02. The maximum absolute atomic E-state index is 11.4. The van der Waals surface area contributed by atoms with E-state index in [0.29, 0.717) is 29.5 Å². The van der Waals surface area contributed by atoms with Gasteiger partial charge in [0.1, 0.15) is 12.8 Å². The molecule has 3 rings (SSSR count). The average molecular weight is 476 g/mol. The molecule has 0 aliphatic carbocycles. The Bertz CT molecular complexity index is 1210. The second-order valence-corrected chi connectivity index (χ2v) is 8.04. The molecule has 176 valence electrons. The number of aryl methyl sites for hydroxylation is 1. The Labute approximate surface area is 191 Å². The smallest absolute Gasteiger partial charge is 0.321 e. The topological polar surface area (TPSA) is 190 Å².